The Labute approximate surface area is 161 Å². The smallest absolute Gasteiger partial charge is 0.281 e. The van der Waals surface area contributed by atoms with Crippen molar-refractivity contribution in [2.24, 2.45) is 5.10 Å². The standard InChI is InChI=1S/C21H18N4OS/c1-14-11-17(13-23-24-21(26)20-6-4-10-27-20)15(2)25(14)18-7-8-19-16(12-18)5-3-9-22-19/h3-13H,1-2H3,(H,24,26). The van der Waals surface area contributed by atoms with E-state index in [-0.39, 0.29) is 5.91 Å². The third-order valence-electron chi connectivity index (χ3n) is 4.43. The maximum absolute atomic E-state index is 12.0. The first-order chi connectivity index (χ1) is 13.1. The lowest BCUT2D eigenvalue weighted by Crippen LogP contribution is -2.16. The highest BCUT2D eigenvalue weighted by Crippen LogP contribution is 2.23. The Morgan fingerprint density at radius 2 is 2.07 bits per heavy atom. The van der Waals surface area contributed by atoms with Crippen LogP contribution in [0.5, 0.6) is 0 Å². The van der Waals surface area contributed by atoms with Crippen LogP contribution in [0.3, 0.4) is 0 Å². The van der Waals surface area contributed by atoms with Crippen molar-refractivity contribution in [1.82, 2.24) is 15.0 Å². The van der Waals surface area contributed by atoms with Crippen molar-refractivity contribution in [3.05, 3.63) is 81.9 Å². The Hall–Kier alpha value is -3.25. The van der Waals surface area contributed by atoms with E-state index < -0.39 is 0 Å². The molecule has 134 valence electrons. The SMILES string of the molecule is Cc1cc(C=NNC(=O)c2cccs2)c(C)n1-c1ccc2ncccc2c1. The number of hydrogen-bond donors (Lipinski definition) is 1. The summed E-state index contributed by atoms with van der Waals surface area (Å²) >= 11 is 1.39. The summed E-state index contributed by atoms with van der Waals surface area (Å²) in [6, 6.07) is 15.9. The molecule has 0 aliphatic rings. The van der Waals surface area contributed by atoms with Crippen LogP contribution < -0.4 is 5.43 Å². The van der Waals surface area contributed by atoms with Crippen molar-refractivity contribution in [1.29, 1.82) is 0 Å². The van der Waals surface area contributed by atoms with Gasteiger partial charge in [-0.2, -0.15) is 5.10 Å². The van der Waals surface area contributed by atoms with Gasteiger partial charge in [-0.1, -0.05) is 12.1 Å². The Morgan fingerprint density at radius 1 is 1.19 bits per heavy atom. The summed E-state index contributed by atoms with van der Waals surface area (Å²) in [4.78, 5) is 17.0. The summed E-state index contributed by atoms with van der Waals surface area (Å²) in [6.45, 7) is 4.10. The van der Waals surface area contributed by atoms with E-state index >= 15 is 0 Å². The van der Waals surface area contributed by atoms with Gasteiger partial charge >= 0.3 is 0 Å². The summed E-state index contributed by atoms with van der Waals surface area (Å²) < 4.78 is 2.18. The average Bonchev–Trinajstić information content (AvgIpc) is 3.30. The number of nitrogens with zero attached hydrogens (tertiary/aromatic N) is 3. The van der Waals surface area contributed by atoms with Crippen molar-refractivity contribution in [2.45, 2.75) is 13.8 Å². The maximum atomic E-state index is 12.0. The Kier molecular flexibility index (Phi) is 4.56. The van der Waals surface area contributed by atoms with Gasteiger partial charge in [0.15, 0.2) is 0 Å². The summed E-state index contributed by atoms with van der Waals surface area (Å²) in [6.07, 6.45) is 3.49. The van der Waals surface area contributed by atoms with Gasteiger partial charge < -0.3 is 4.57 Å². The molecule has 6 heteroatoms. The molecule has 0 aliphatic heterocycles. The maximum Gasteiger partial charge on any atom is 0.281 e. The number of carbonyl (C=O) groups is 1. The van der Waals surface area contributed by atoms with Gasteiger partial charge in [-0.05, 0) is 55.6 Å². The summed E-state index contributed by atoms with van der Waals surface area (Å²) in [5.74, 6) is -0.197. The van der Waals surface area contributed by atoms with Crippen molar-refractivity contribution in [3.8, 4) is 5.69 Å². The van der Waals surface area contributed by atoms with E-state index in [2.05, 4.69) is 51.3 Å². The normalized spacial score (nSPS) is 11.3. The van der Waals surface area contributed by atoms with Crippen LogP contribution in [-0.4, -0.2) is 21.7 Å². The Bertz CT molecular complexity index is 1140. The number of rotatable bonds is 4. The number of hydrogen-bond acceptors (Lipinski definition) is 4. The van der Waals surface area contributed by atoms with Crippen LogP contribution in [0.2, 0.25) is 0 Å². The molecular weight excluding hydrogens is 356 g/mol. The fraction of sp³-hybridized carbons (Fsp3) is 0.0952. The Balaban J connectivity index is 1.61. The van der Waals surface area contributed by atoms with E-state index in [9.17, 15) is 4.79 Å². The topological polar surface area (TPSA) is 59.3 Å². The predicted molar refractivity (Wildman–Crippen MR) is 110 cm³/mol. The summed E-state index contributed by atoms with van der Waals surface area (Å²) in [7, 11) is 0. The van der Waals surface area contributed by atoms with Crippen LogP contribution in [0.4, 0.5) is 0 Å². The first kappa shape index (κ1) is 17.2. The highest BCUT2D eigenvalue weighted by molar-refractivity contribution is 7.12. The number of fused-ring (bicyclic) bond motifs is 1. The minimum absolute atomic E-state index is 0.197. The van der Waals surface area contributed by atoms with Gasteiger partial charge in [0, 0.05) is 34.2 Å². The lowest BCUT2D eigenvalue weighted by Gasteiger charge is -2.10. The molecule has 1 aromatic carbocycles. The molecule has 1 amide bonds. The van der Waals surface area contributed by atoms with Gasteiger partial charge in [-0.15, -0.1) is 11.3 Å². The van der Waals surface area contributed by atoms with E-state index in [0.29, 0.717) is 4.88 Å². The number of benzene rings is 1. The third-order valence-corrected chi connectivity index (χ3v) is 5.30. The second kappa shape index (κ2) is 7.17. The molecule has 4 aromatic rings. The zero-order valence-electron chi connectivity index (χ0n) is 15.0. The number of pyridine rings is 1. The van der Waals surface area contributed by atoms with E-state index in [1.165, 1.54) is 11.3 Å². The highest BCUT2D eigenvalue weighted by Gasteiger charge is 2.10. The third kappa shape index (κ3) is 3.39. The summed E-state index contributed by atoms with van der Waals surface area (Å²) in [5.41, 5.74) is 7.75. The predicted octanol–water partition coefficient (Wildman–Crippen LogP) is 4.47. The van der Waals surface area contributed by atoms with Gasteiger partial charge in [0.1, 0.15) is 0 Å². The molecule has 4 rings (SSSR count). The molecule has 0 atom stereocenters. The molecule has 0 fully saturated rings. The van der Waals surface area contributed by atoms with Crippen LogP contribution >= 0.6 is 11.3 Å². The number of carbonyl (C=O) groups excluding carboxylic acids is 1. The van der Waals surface area contributed by atoms with E-state index in [0.717, 1.165) is 33.5 Å². The van der Waals surface area contributed by atoms with Crippen molar-refractivity contribution in [2.75, 3.05) is 0 Å². The van der Waals surface area contributed by atoms with Gasteiger partial charge in [0.2, 0.25) is 0 Å². The number of aromatic nitrogens is 2. The van der Waals surface area contributed by atoms with Gasteiger partial charge in [-0.25, -0.2) is 5.43 Å². The van der Waals surface area contributed by atoms with Crippen LogP contribution in [0, 0.1) is 13.8 Å². The fourth-order valence-electron chi connectivity index (χ4n) is 3.14. The molecular formula is C21H18N4OS. The minimum atomic E-state index is -0.197. The monoisotopic (exact) mass is 374 g/mol. The number of hydrazone groups is 1. The van der Waals surface area contributed by atoms with Crippen molar-refractivity contribution < 1.29 is 4.79 Å². The molecule has 0 unspecified atom stereocenters. The molecule has 0 saturated carbocycles. The summed E-state index contributed by atoms with van der Waals surface area (Å²) in [5, 5.41) is 7.08. The van der Waals surface area contributed by atoms with Crippen molar-refractivity contribution in [3.63, 3.8) is 0 Å². The number of amides is 1. The Morgan fingerprint density at radius 3 is 2.89 bits per heavy atom. The van der Waals surface area contributed by atoms with Crippen LogP contribution in [0.25, 0.3) is 16.6 Å². The van der Waals surface area contributed by atoms with Crippen molar-refractivity contribution >= 4 is 34.4 Å². The van der Waals surface area contributed by atoms with E-state index in [1.54, 1.807) is 18.5 Å². The average molecular weight is 374 g/mol. The van der Waals surface area contributed by atoms with E-state index in [1.807, 2.05) is 30.5 Å². The molecule has 0 radical (unpaired) electrons. The number of aryl methyl sites for hydroxylation is 1. The quantitative estimate of drug-likeness (QED) is 0.423. The molecule has 0 saturated heterocycles. The first-order valence-electron chi connectivity index (χ1n) is 8.54. The van der Waals surface area contributed by atoms with Gasteiger partial charge in [-0.3, -0.25) is 9.78 Å². The lowest BCUT2D eigenvalue weighted by atomic mass is 10.2. The molecule has 1 N–H and O–H groups in total. The number of thiophene rings is 1. The molecule has 0 spiro atoms. The number of nitrogens with one attached hydrogen (secondary N) is 1. The van der Waals surface area contributed by atoms with Crippen LogP contribution in [-0.2, 0) is 0 Å². The lowest BCUT2D eigenvalue weighted by molar-refractivity contribution is 0.0959. The molecule has 3 aromatic heterocycles. The fourth-order valence-corrected chi connectivity index (χ4v) is 3.75. The molecule has 3 heterocycles. The largest absolute Gasteiger partial charge is 0.318 e. The zero-order chi connectivity index (χ0) is 18.8. The highest BCUT2D eigenvalue weighted by atomic mass is 32.1. The molecule has 5 nitrogen and oxygen atoms in total. The zero-order valence-corrected chi connectivity index (χ0v) is 15.8. The molecule has 27 heavy (non-hydrogen) atoms. The second-order valence-corrected chi connectivity index (χ2v) is 7.17. The van der Waals surface area contributed by atoms with Crippen LogP contribution in [0.1, 0.15) is 26.6 Å². The minimum Gasteiger partial charge on any atom is -0.318 e. The first-order valence-corrected chi connectivity index (χ1v) is 9.42. The second-order valence-electron chi connectivity index (χ2n) is 6.22. The van der Waals surface area contributed by atoms with E-state index in [4.69, 9.17) is 0 Å². The molecule has 0 aliphatic carbocycles. The van der Waals surface area contributed by atoms with Crippen LogP contribution in [0.15, 0.2) is 65.2 Å². The van der Waals surface area contributed by atoms with Gasteiger partial charge in [0.05, 0.1) is 16.6 Å². The molecule has 0 bridgehead atoms. The van der Waals surface area contributed by atoms with Gasteiger partial charge in [0.25, 0.3) is 5.91 Å².